The summed E-state index contributed by atoms with van der Waals surface area (Å²) in [6.07, 6.45) is 1.35. The van der Waals surface area contributed by atoms with Gasteiger partial charge in [-0.25, -0.2) is 0 Å². The molecule has 0 aromatic heterocycles. The van der Waals surface area contributed by atoms with Crippen LogP contribution in [0.1, 0.15) is 26.7 Å². The summed E-state index contributed by atoms with van der Waals surface area (Å²) < 4.78 is 0. The van der Waals surface area contributed by atoms with E-state index in [1.54, 1.807) is 0 Å². The fourth-order valence-corrected chi connectivity index (χ4v) is 2.65. The summed E-state index contributed by atoms with van der Waals surface area (Å²) in [5, 5.41) is 8.95. The average Bonchev–Trinajstić information content (AvgIpc) is 2.25. The summed E-state index contributed by atoms with van der Waals surface area (Å²) in [6.45, 7) is 8.36. The smallest absolute Gasteiger partial charge is 0.304 e. The van der Waals surface area contributed by atoms with Gasteiger partial charge in [-0.1, -0.05) is 13.8 Å². The first-order chi connectivity index (χ1) is 7.52. The van der Waals surface area contributed by atoms with E-state index in [1.807, 2.05) is 0 Å². The largest absolute Gasteiger partial charge is 0.481 e. The first-order valence-corrected chi connectivity index (χ1v) is 6.17. The third-order valence-corrected chi connectivity index (χ3v) is 3.13. The van der Waals surface area contributed by atoms with Crippen molar-refractivity contribution in [3.8, 4) is 0 Å². The lowest BCUT2D eigenvalue weighted by molar-refractivity contribution is -0.138. The van der Waals surface area contributed by atoms with Gasteiger partial charge in [-0.15, -0.1) is 0 Å². The quantitative estimate of drug-likeness (QED) is 0.783. The molecule has 0 radical (unpaired) electrons. The van der Waals surface area contributed by atoms with Gasteiger partial charge in [0.2, 0.25) is 0 Å². The van der Waals surface area contributed by atoms with Crippen LogP contribution in [0.15, 0.2) is 0 Å². The maximum atomic E-state index is 10.9. The maximum absolute atomic E-state index is 10.9. The standard InChI is InChI=1S/C12H24N2O2/c1-4-5-14-8-10(2)7-13(3)9-11(14)6-12(15)16/h10-11H,4-9H2,1-3H3,(H,15,16). The number of hydrogen-bond donors (Lipinski definition) is 1. The molecular formula is C12H24N2O2. The van der Waals surface area contributed by atoms with Crippen molar-refractivity contribution in [2.45, 2.75) is 32.7 Å². The molecule has 4 heteroatoms. The number of aliphatic carboxylic acids is 1. The Labute approximate surface area is 98.2 Å². The molecule has 1 N–H and O–H groups in total. The van der Waals surface area contributed by atoms with Gasteiger partial charge in [0.25, 0.3) is 0 Å². The second-order valence-corrected chi connectivity index (χ2v) is 5.07. The van der Waals surface area contributed by atoms with Gasteiger partial charge in [-0.2, -0.15) is 0 Å². The van der Waals surface area contributed by atoms with Crippen LogP contribution < -0.4 is 0 Å². The molecule has 2 unspecified atom stereocenters. The van der Waals surface area contributed by atoms with Crippen LogP contribution in [0.4, 0.5) is 0 Å². The molecule has 0 aliphatic carbocycles. The molecule has 16 heavy (non-hydrogen) atoms. The van der Waals surface area contributed by atoms with E-state index in [0.717, 1.165) is 32.6 Å². The van der Waals surface area contributed by atoms with Crippen LogP contribution >= 0.6 is 0 Å². The molecule has 1 saturated heterocycles. The predicted molar refractivity (Wildman–Crippen MR) is 64.6 cm³/mol. The van der Waals surface area contributed by atoms with Crippen molar-refractivity contribution >= 4 is 5.97 Å². The van der Waals surface area contributed by atoms with Crippen LogP contribution in [0.2, 0.25) is 0 Å². The van der Waals surface area contributed by atoms with Crippen LogP contribution in [0.25, 0.3) is 0 Å². The normalized spacial score (nSPS) is 28.9. The molecule has 0 bridgehead atoms. The molecule has 0 aromatic carbocycles. The molecule has 1 rings (SSSR count). The molecule has 1 heterocycles. The van der Waals surface area contributed by atoms with Gasteiger partial charge in [-0.3, -0.25) is 9.69 Å². The van der Waals surface area contributed by atoms with Gasteiger partial charge in [0.15, 0.2) is 0 Å². The number of carboxylic acids is 1. The minimum atomic E-state index is -0.686. The summed E-state index contributed by atoms with van der Waals surface area (Å²) in [6, 6.07) is 0.174. The van der Waals surface area contributed by atoms with E-state index in [2.05, 4.69) is 30.7 Å². The number of rotatable bonds is 4. The average molecular weight is 228 g/mol. The van der Waals surface area contributed by atoms with E-state index >= 15 is 0 Å². The van der Waals surface area contributed by atoms with Gasteiger partial charge in [-0.05, 0) is 25.9 Å². The molecule has 4 nitrogen and oxygen atoms in total. The van der Waals surface area contributed by atoms with Crippen molar-refractivity contribution in [3.05, 3.63) is 0 Å². The molecule has 1 fully saturated rings. The van der Waals surface area contributed by atoms with E-state index < -0.39 is 5.97 Å². The lowest BCUT2D eigenvalue weighted by Gasteiger charge is -2.29. The Morgan fingerprint density at radius 1 is 1.38 bits per heavy atom. The SMILES string of the molecule is CCCN1CC(C)CN(C)CC1CC(=O)O. The number of carbonyl (C=O) groups is 1. The van der Waals surface area contributed by atoms with Crippen molar-refractivity contribution in [2.24, 2.45) is 5.92 Å². The van der Waals surface area contributed by atoms with Gasteiger partial charge in [0.05, 0.1) is 6.42 Å². The summed E-state index contributed by atoms with van der Waals surface area (Å²) in [7, 11) is 2.08. The Balaban J connectivity index is 2.68. The highest BCUT2D eigenvalue weighted by molar-refractivity contribution is 5.67. The Hall–Kier alpha value is -0.610. The van der Waals surface area contributed by atoms with Gasteiger partial charge in [0.1, 0.15) is 0 Å². The minimum Gasteiger partial charge on any atom is -0.481 e. The number of hydrogen-bond acceptors (Lipinski definition) is 3. The molecule has 1 aliphatic heterocycles. The molecular weight excluding hydrogens is 204 g/mol. The van der Waals surface area contributed by atoms with Gasteiger partial charge >= 0.3 is 5.97 Å². The van der Waals surface area contributed by atoms with Gasteiger partial charge in [0, 0.05) is 25.7 Å². The van der Waals surface area contributed by atoms with E-state index in [9.17, 15) is 4.79 Å². The second kappa shape index (κ2) is 6.21. The second-order valence-electron chi connectivity index (χ2n) is 5.07. The highest BCUT2D eigenvalue weighted by Crippen LogP contribution is 2.16. The molecule has 94 valence electrons. The Morgan fingerprint density at radius 3 is 2.62 bits per heavy atom. The van der Waals surface area contributed by atoms with Gasteiger partial charge < -0.3 is 10.0 Å². The van der Waals surface area contributed by atoms with E-state index in [4.69, 9.17) is 5.11 Å². The lowest BCUT2D eigenvalue weighted by atomic mass is 10.1. The fraction of sp³-hybridized carbons (Fsp3) is 0.917. The number of likely N-dealkylation sites (N-methyl/N-ethyl adjacent to an activating group) is 1. The zero-order chi connectivity index (χ0) is 12.1. The third-order valence-electron chi connectivity index (χ3n) is 3.13. The van der Waals surface area contributed by atoms with Crippen molar-refractivity contribution in [1.29, 1.82) is 0 Å². The Kier molecular flexibility index (Phi) is 5.22. The van der Waals surface area contributed by atoms with E-state index in [1.165, 1.54) is 0 Å². The first-order valence-electron chi connectivity index (χ1n) is 6.17. The van der Waals surface area contributed by atoms with Crippen molar-refractivity contribution < 1.29 is 9.90 Å². The van der Waals surface area contributed by atoms with Crippen LogP contribution in [-0.4, -0.2) is 60.1 Å². The molecule has 2 atom stereocenters. The van der Waals surface area contributed by atoms with Crippen LogP contribution in [0.5, 0.6) is 0 Å². The molecule has 0 spiro atoms. The number of carboxylic acid groups (broad SMARTS) is 1. The Morgan fingerprint density at radius 2 is 2.06 bits per heavy atom. The predicted octanol–water partition coefficient (Wildman–Crippen LogP) is 1.12. The zero-order valence-corrected chi connectivity index (χ0v) is 10.6. The molecule has 0 saturated carbocycles. The fourth-order valence-electron chi connectivity index (χ4n) is 2.65. The first kappa shape index (κ1) is 13.5. The third kappa shape index (κ3) is 4.10. The summed E-state index contributed by atoms with van der Waals surface area (Å²) in [5.41, 5.74) is 0. The lowest BCUT2D eigenvalue weighted by Crippen LogP contribution is -2.42. The summed E-state index contributed by atoms with van der Waals surface area (Å²) >= 11 is 0. The molecule has 0 amide bonds. The van der Waals surface area contributed by atoms with Crippen LogP contribution in [-0.2, 0) is 4.79 Å². The topological polar surface area (TPSA) is 43.8 Å². The van der Waals surface area contributed by atoms with Crippen LogP contribution in [0.3, 0.4) is 0 Å². The zero-order valence-electron chi connectivity index (χ0n) is 10.6. The van der Waals surface area contributed by atoms with Crippen molar-refractivity contribution in [3.63, 3.8) is 0 Å². The highest BCUT2D eigenvalue weighted by atomic mass is 16.4. The minimum absolute atomic E-state index is 0.174. The van der Waals surface area contributed by atoms with Crippen molar-refractivity contribution in [2.75, 3.05) is 33.2 Å². The summed E-state index contributed by atoms with van der Waals surface area (Å²) in [4.78, 5) is 15.5. The molecule has 1 aliphatic rings. The monoisotopic (exact) mass is 228 g/mol. The summed E-state index contributed by atoms with van der Waals surface area (Å²) in [5.74, 6) is -0.0654. The van der Waals surface area contributed by atoms with Crippen molar-refractivity contribution in [1.82, 2.24) is 9.80 Å². The van der Waals surface area contributed by atoms with E-state index in [0.29, 0.717) is 5.92 Å². The van der Waals surface area contributed by atoms with Crippen LogP contribution in [0, 0.1) is 5.92 Å². The highest BCUT2D eigenvalue weighted by Gasteiger charge is 2.27. The Bertz CT molecular complexity index is 233. The van der Waals surface area contributed by atoms with E-state index in [-0.39, 0.29) is 12.5 Å². The maximum Gasteiger partial charge on any atom is 0.304 e. The number of nitrogens with zero attached hydrogens (tertiary/aromatic N) is 2. The molecule has 0 aromatic rings.